The van der Waals surface area contributed by atoms with Crippen molar-refractivity contribution in [3.8, 4) is 0 Å². The first-order chi connectivity index (χ1) is 6.68. The highest BCUT2D eigenvalue weighted by atomic mass is 35.5. The van der Waals surface area contributed by atoms with Crippen molar-refractivity contribution in [1.29, 1.82) is 0 Å². The van der Waals surface area contributed by atoms with Gasteiger partial charge >= 0.3 is 0 Å². The van der Waals surface area contributed by atoms with E-state index in [0.29, 0.717) is 5.92 Å². The first-order valence-corrected chi connectivity index (χ1v) is 6.37. The van der Waals surface area contributed by atoms with Crippen molar-refractivity contribution in [2.45, 2.75) is 32.2 Å². The van der Waals surface area contributed by atoms with Gasteiger partial charge in [0.25, 0.3) is 0 Å². The van der Waals surface area contributed by atoms with Crippen LogP contribution in [-0.4, -0.2) is 11.9 Å². The second-order valence-electron chi connectivity index (χ2n) is 3.94. The van der Waals surface area contributed by atoms with Crippen LogP contribution in [0.5, 0.6) is 0 Å². The maximum Gasteiger partial charge on any atom is 0.0463 e. The van der Waals surface area contributed by atoms with Gasteiger partial charge in [-0.2, -0.15) is 0 Å². The van der Waals surface area contributed by atoms with Gasteiger partial charge in [-0.15, -0.1) is 22.9 Å². The van der Waals surface area contributed by atoms with E-state index in [0.717, 1.165) is 19.5 Å². The number of halogens is 1. The van der Waals surface area contributed by atoms with E-state index >= 15 is 0 Å². The minimum absolute atomic E-state index is 0.259. The average Bonchev–Trinajstić information content (AvgIpc) is 2.55. The maximum absolute atomic E-state index is 6.16. The Morgan fingerprint density at radius 3 is 2.86 bits per heavy atom. The van der Waals surface area contributed by atoms with Crippen LogP contribution in [0.15, 0.2) is 17.5 Å². The molecule has 0 spiro atoms. The van der Waals surface area contributed by atoms with Crippen LogP contribution in [0.3, 0.4) is 0 Å². The molecular formula is C11H18ClNS. The summed E-state index contributed by atoms with van der Waals surface area (Å²) in [5.41, 5.74) is 0. The van der Waals surface area contributed by atoms with Gasteiger partial charge < -0.3 is 5.32 Å². The predicted molar refractivity (Wildman–Crippen MR) is 65.1 cm³/mol. The summed E-state index contributed by atoms with van der Waals surface area (Å²) in [5.74, 6) is 0.682. The molecule has 0 saturated carbocycles. The van der Waals surface area contributed by atoms with Crippen LogP contribution in [0.2, 0.25) is 0 Å². The van der Waals surface area contributed by atoms with Crippen LogP contribution in [-0.2, 0) is 6.54 Å². The van der Waals surface area contributed by atoms with Crippen molar-refractivity contribution in [2.75, 3.05) is 6.54 Å². The van der Waals surface area contributed by atoms with E-state index in [2.05, 4.69) is 36.7 Å². The molecular weight excluding hydrogens is 214 g/mol. The molecule has 80 valence electrons. The van der Waals surface area contributed by atoms with Crippen LogP contribution >= 0.6 is 22.9 Å². The molecule has 1 unspecified atom stereocenters. The minimum Gasteiger partial charge on any atom is -0.310 e. The Bertz CT molecular complexity index is 233. The van der Waals surface area contributed by atoms with Crippen LogP contribution in [0.1, 0.15) is 25.1 Å². The molecule has 0 bridgehead atoms. The van der Waals surface area contributed by atoms with Gasteiger partial charge in [-0.1, -0.05) is 19.9 Å². The highest BCUT2D eigenvalue weighted by Crippen LogP contribution is 2.11. The largest absolute Gasteiger partial charge is 0.310 e. The molecule has 14 heavy (non-hydrogen) atoms. The molecule has 1 rings (SSSR count). The molecule has 1 atom stereocenters. The SMILES string of the molecule is CC(C)CC(Cl)CNCc1cccs1. The number of hydrogen-bond acceptors (Lipinski definition) is 2. The number of thiophene rings is 1. The van der Waals surface area contributed by atoms with E-state index < -0.39 is 0 Å². The third-order valence-corrected chi connectivity index (χ3v) is 3.18. The first kappa shape index (κ1) is 12.0. The lowest BCUT2D eigenvalue weighted by Crippen LogP contribution is -2.23. The molecule has 1 heterocycles. The van der Waals surface area contributed by atoms with Crippen LogP contribution in [0.25, 0.3) is 0 Å². The Morgan fingerprint density at radius 2 is 2.29 bits per heavy atom. The number of alkyl halides is 1. The van der Waals surface area contributed by atoms with Gasteiger partial charge in [0, 0.05) is 23.3 Å². The fraction of sp³-hybridized carbons (Fsp3) is 0.636. The van der Waals surface area contributed by atoms with Gasteiger partial charge in [-0.05, 0) is 23.8 Å². The number of hydrogen-bond donors (Lipinski definition) is 1. The summed E-state index contributed by atoms with van der Waals surface area (Å²) in [5, 5.41) is 5.73. The molecule has 1 N–H and O–H groups in total. The van der Waals surface area contributed by atoms with E-state index in [1.807, 2.05) is 0 Å². The zero-order valence-corrected chi connectivity index (χ0v) is 10.4. The lowest BCUT2D eigenvalue weighted by Gasteiger charge is -2.12. The van der Waals surface area contributed by atoms with Gasteiger partial charge in [-0.3, -0.25) is 0 Å². The van der Waals surface area contributed by atoms with E-state index in [1.165, 1.54) is 4.88 Å². The third-order valence-electron chi connectivity index (χ3n) is 1.97. The monoisotopic (exact) mass is 231 g/mol. The summed E-state index contributed by atoms with van der Waals surface area (Å²) in [4.78, 5) is 1.37. The molecule has 3 heteroatoms. The summed E-state index contributed by atoms with van der Waals surface area (Å²) in [6, 6.07) is 4.22. The van der Waals surface area contributed by atoms with E-state index in [4.69, 9.17) is 11.6 Å². The van der Waals surface area contributed by atoms with Crippen LogP contribution in [0.4, 0.5) is 0 Å². The summed E-state index contributed by atoms with van der Waals surface area (Å²) in [6.45, 7) is 6.25. The van der Waals surface area contributed by atoms with Gasteiger partial charge in [0.2, 0.25) is 0 Å². The topological polar surface area (TPSA) is 12.0 Å². The van der Waals surface area contributed by atoms with Crippen molar-refractivity contribution >= 4 is 22.9 Å². The molecule has 1 nitrogen and oxygen atoms in total. The van der Waals surface area contributed by atoms with Crippen LogP contribution in [0, 0.1) is 5.92 Å². The van der Waals surface area contributed by atoms with Gasteiger partial charge in [0.15, 0.2) is 0 Å². The average molecular weight is 232 g/mol. The fourth-order valence-corrected chi connectivity index (χ4v) is 2.50. The third kappa shape index (κ3) is 4.99. The highest BCUT2D eigenvalue weighted by Gasteiger charge is 2.06. The Kier molecular flexibility index (Phi) is 5.53. The lowest BCUT2D eigenvalue weighted by atomic mass is 10.1. The Labute approximate surface area is 95.5 Å². The standard InChI is InChI=1S/C11H18ClNS/c1-9(2)6-10(12)7-13-8-11-4-3-5-14-11/h3-5,9-10,13H,6-8H2,1-2H3. The Morgan fingerprint density at radius 1 is 1.50 bits per heavy atom. The zero-order valence-electron chi connectivity index (χ0n) is 8.79. The van der Waals surface area contributed by atoms with Gasteiger partial charge in [0.05, 0.1) is 0 Å². The van der Waals surface area contributed by atoms with E-state index in [1.54, 1.807) is 11.3 Å². The smallest absolute Gasteiger partial charge is 0.0463 e. The molecule has 0 aliphatic rings. The molecule has 0 aliphatic heterocycles. The number of rotatable bonds is 6. The van der Waals surface area contributed by atoms with Crippen molar-refractivity contribution in [1.82, 2.24) is 5.32 Å². The minimum atomic E-state index is 0.259. The van der Waals surface area contributed by atoms with Crippen molar-refractivity contribution in [3.05, 3.63) is 22.4 Å². The first-order valence-electron chi connectivity index (χ1n) is 5.05. The second-order valence-corrected chi connectivity index (χ2v) is 5.59. The molecule has 0 aliphatic carbocycles. The molecule has 1 aromatic heterocycles. The fourth-order valence-electron chi connectivity index (χ4n) is 1.36. The van der Waals surface area contributed by atoms with Gasteiger partial charge in [-0.25, -0.2) is 0 Å². The summed E-state index contributed by atoms with van der Waals surface area (Å²) in [7, 11) is 0. The van der Waals surface area contributed by atoms with Crippen molar-refractivity contribution in [2.24, 2.45) is 5.92 Å². The van der Waals surface area contributed by atoms with Crippen LogP contribution < -0.4 is 5.32 Å². The quantitative estimate of drug-likeness (QED) is 0.740. The van der Waals surface area contributed by atoms with Crippen molar-refractivity contribution < 1.29 is 0 Å². The highest BCUT2D eigenvalue weighted by molar-refractivity contribution is 7.09. The Balaban J connectivity index is 2.09. The predicted octanol–water partition coefficient (Wildman–Crippen LogP) is 3.49. The van der Waals surface area contributed by atoms with Gasteiger partial charge in [0.1, 0.15) is 0 Å². The maximum atomic E-state index is 6.16. The lowest BCUT2D eigenvalue weighted by molar-refractivity contribution is 0.534. The van der Waals surface area contributed by atoms with Crippen molar-refractivity contribution in [3.63, 3.8) is 0 Å². The summed E-state index contributed by atoms with van der Waals surface area (Å²) in [6.07, 6.45) is 1.08. The molecule has 0 fully saturated rings. The van der Waals surface area contributed by atoms with E-state index in [-0.39, 0.29) is 5.38 Å². The Hall–Kier alpha value is -0.0500. The molecule has 0 aromatic carbocycles. The number of nitrogens with one attached hydrogen (secondary N) is 1. The second kappa shape index (κ2) is 6.44. The molecule has 1 aromatic rings. The molecule has 0 radical (unpaired) electrons. The summed E-state index contributed by atoms with van der Waals surface area (Å²) < 4.78 is 0. The summed E-state index contributed by atoms with van der Waals surface area (Å²) >= 11 is 7.94. The normalized spacial score (nSPS) is 13.4. The zero-order chi connectivity index (χ0) is 10.4. The molecule has 0 amide bonds. The van der Waals surface area contributed by atoms with E-state index in [9.17, 15) is 0 Å². The molecule has 0 saturated heterocycles.